The third-order valence-electron chi connectivity index (χ3n) is 4.91. The Balaban J connectivity index is 1.72. The minimum absolute atomic E-state index is 0.279. The van der Waals surface area contributed by atoms with Crippen LogP contribution in [0.25, 0.3) is 0 Å². The molecule has 0 amide bonds. The summed E-state index contributed by atoms with van der Waals surface area (Å²) in [5.41, 5.74) is 2.72. The molecule has 0 unspecified atom stereocenters. The summed E-state index contributed by atoms with van der Waals surface area (Å²) in [5, 5.41) is 0. The first-order valence-electron chi connectivity index (χ1n) is 8.62. The lowest BCUT2D eigenvalue weighted by Crippen LogP contribution is -2.37. The standard InChI is InChI=1S/C21H25NO/c23-17-20-11-13-21(14-12-20)22(15-18-7-3-1-4-8-18)16-19-9-5-2-6-10-19/h1-10,17,20-21H,11-16H2/t20-,21-. The Bertz CT molecular complexity index is 546. The monoisotopic (exact) mass is 307 g/mol. The summed E-state index contributed by atoms with van der Waals surface area (Å²) in [5.74, 6) is 0.279. The number of rotatable bonds is 6. The summed E-state index contributed by atoms with van der Waals surface area (Å²) in [6.45, 7) is 1.96. The molecule has 0 heterocycles. The van der Waals surface area contributed by atoms with E-state index >= 15 is 0 Å². The fourth-order valence-electron chi connectivity index (χ4n) is 3.55. The largest absolute Gasteiger partial charge is 0.303 e. The molecule has 0 N–H and O–H groups in total. The van der Waals surface area contributed by atoms with Crippen LogP contribution in [0.1, 0.15) is 36.8 Å². The lowest BCUT2D eigenvalue weighted by Gasteiger charge is -2.36. The van der Waals surface area contributed by atoms with E-state index in [1.807, 2.05) is 0 Å². The van der Waals surface area contributed by atoms with Crippen molar-refractivity contribution in [3.05, 3.63) is 71.8 Å². The first kappa shape index (κ1) is 15.9. The van der Waals surface area contributed by atoms with Crippen LogP contribution in [0.2, 0.25) is 0 Å². The van der Waals surface area contributed by atoms with Crippen molar-refractivity contribution in [2.45, 2.75) is 44.8 Å². The van der Waals surface area contributed by atoms with Gasteiger partial charge in [-0.1, -0.05) is 60.7 Å². The number of carbonyl (C=O) groups is 1. The van der Waals surface area contributed by atoms with E-state index in [4.69, 9.17) is 0 Å². The maximum atomic E-state index is 11.0. The van der Waals surface area contributed by atoms with Gasteiger partial charge in [0.25, 0.3) is 0 Å². The van der Waals surface area contributed by atoms with Gasteiger partial charge in [0.05, 0.1) is 0 Å². The molecular weight excluding hydrogens is 282 g/mol. The molecule has 2 nitrogen and oxygen atoms in total. The lowest BCUT2D eigenvalue weighted by atomic mass is 9.86. The van der Waals surface area contributed by atoms with Gasteiger partial charge >= 0.3 is 0 Å². The SMILES string of the molecule is O=C[C@H]1CC[C@H](N(Cc2ccccc2)Cc2ccccc2)CC1. The van der Waals surface area contributed by atoms with Crippen LogP contribution in [0, 0.1) is 5.92 Å². The fraction of sp³-hybridized carbons (Fsp3) is 0.381. The van der Waals surface area contributed by atoms with Gasteiger partial charge in [-0.25, -0.2) is 0 Å². The van der Waals surface area contributed by atoms with Crippen LogP contribution in [0.5, 0.6) is 0 Å². The highest BCUT2D eigenvalue weighted by molar-refractivity contribution is 5.53. The topological polar surface area (TPSA) is 20.3 Å². The van der Waals surface area contributed by atoms with Crippen molar-refractivity contribution in [1.82, 2.24) is 4.90 Å². The molecule has 1 aliphatic rings. The summed E-state index contributed by atoms with van der Waals surface area (Å²) in [4.78, 5) is 13.6. The normalized spacial score (nSPS) is 21.3. The molecule has 0 spiro atoms. The van der Waals surface area contributed by atoms with E-state index in [2.05, 4.69) is 65.6 Å². The maximum Gasteiger partial charge on any atom is 0.123 e. The van der Waals surface area contributed by atoms with Crippen LogP contribution in [0.15, 0.2) is 60.7 Å². The van der Waals surface area contributed by atoms with E-state index in [1.54, 1.807) is 0 Å². The van der Waals surface area contributed by atoms with Crippen molar-refractivity contribution in [2.75, 3.05) is 0 Å². The molecule has 2 heteroatoms. The van der Waals surface area contributed by atoms with Crippen LogP contribution < -0.4 is 0 Å². The number of carbonyl (C=O) groups excluding carboxylic acids is 1. The van der Waals surface area contributed by atoms with Crippen LogP contribution in [0.4, 0.5) is 0 Å². The number of benzene rings is 2. The molecule has 0 atom stereocenters. The van der Waals surface area contributed by atoms with Crippen molar-refractivity contribution in [3.8, 4) is 0 Å². The Morgan fingerprint density at radius 3 is 1.70 bits per heavy atom. The highest BCUT2D eigenvalue weighted by atomic mass is 16.1. The molecule has 3 rings (SSSR count). The number of aldehydes is 1. The third kappa shape index (κ3) is 4.52. The van der Waals surface area contributed by atoms with Crippen molar-refractivity contribution >= 4 is 6.29 Å². The lowest BCUT2D eigenvalue weighted by molar-refractivity contribution is -0.112. The molecule has 23 heavy (non-hydrogen) atoms. The van der Waals surface area contributed by atoms with Gasteiger partial charge in [-0.2, -0.15) is 0 Å². The second-order valence-electron chi connectivity index (χ2n) is 6.58. The molecular formula is C21H25NO. The molecule has 0 saturated heterocycles. The summed E-state index contributed by atoms with van der Waals surface area (Å²) < 4.78 is 0. The van der Waals surface area contributed by atoms with E-state index in [9.17, 15) is 4.79 Å². The molecule has 2 aromatic rings. The predicted octanol–water partition coefficient (Wildman–Crippen LogP) is 4.45. The van der Waals surface area contributed by atoms with E-state index < -0.39 is 0 Å². The van der Waals surface area contributed by atoms with Crippen LogP contribution >= 0.6 is 0 Å². The van der Waals surface area contributed by atoms with Crippen molar-refractivity contribution in [1.29, 1.82) is 0 Å². The van der Waals surface area contributed by atoms with Crippen molar-refractivity contribution < 1.29 is 4.79 Å². The van der Waals surface area contributed by atoms with E-state index in [1.165, 1.54) is 11.1 Å². The number of hydrogen-bond acceptors (Lipinski definition) is 2. The average Bonchev–Trinajstić information content (AvgIpc) is 2.63. The molecule has 0 bridgehead atoms. The predicted molar refractivity (Wildman–Crippen MR) is 93.9 cm³/mol. The molecule has 1 aliphatic carbocycles. The summed E-state index contributed by atoms with van der Waals surface area (Å²) in [6, 6.07) is 22.0. The molecule has 0 aliphatic heterocycles. The number of nitrogens with zero attached hydrogens (tertiary/aromatic N) is 1. The quantitative estimate of drug-likeness (QED) is 0.735. The van der Waals surface area contributed by atoms with Crippen LogP contribution in [-0.2, 0) is 17.9 Å². The molecule has 0 radical (unpaired) electrons. The van der Waals surface area contributed by atoms with Gasteiger partial charge < -0.3 is 4.79 Å². The number of hydrogen-bond donors (Lipinski definition) is 0. The minimum atomic E-state index is 0.279. The second-order valence-corrected chi connectivity index (χ2v) is 6.58. The first-order valence-corrected chi connectivity index (χ1v) is 8.62. The molecule has 1 fully saturated rings. The van der Waals surface area contributed by atoms with Gasteiger partial charge in [-0.05, 0) is 36.8 Å². The average molecular weight is 307 g/mol. The fourth-order valence-corrected chi connectivity index (χ4v) is 3.55. The minimum Gasteiger partial charge on any atom is -0.303 e. The second kappa shape index (κ2) is 8.07. The molecule has 2 aromatic carbocycles. The Labute approximate surface area is 139 Å². The van der Waals surface area contributed by atoms with E-state index in [-0.39, 0.29) is 5.92 Å². The Kier molecular flexibility index (Phi) is 5.60. The van der Waals surface area contributed by atoms with Crippen LogP contribution in [-0.4, -0.2) is 17.2 Å². The highest BCUT2D eigenvalue weighted by Gasteiger charge is 2.25. The molecule has 120 valence electrons. The van der Waals surface area contributed by atoms with Gasteiger partial charge in [0.2, 0.25) is 0 Å². The maximum absolute atomic E-state index is 11.0. The van der Waals surface area contributed by atoms with Gasteiger partial charge in [0.15, 0.2) is 0 Å². The summed E-state index contributed by atoms with van der Waals surface area (Å²) in [7, 11) is 0. The highest BCUT2D eigenvalue weighted by Crippen LogP contribution is 2.28. The van der Waals surface area contributed by atoms with Crippen molar-refractivity contribution in [2.24, 2.45) is 5.92 Å². The van der Waals surface area contributed by atoms with Gasteiger partial charge in [0.1, 0.15) is 6.29 Å². The third-order valence-corrected chi connectivity index (χ3v) is 4.91. The van der Waals surface area contributed by atoms with Crippen molar-refractivity contribution in [3.63, 3.8) is 0 Å². The van der Waals surface area contributed by atoms with E-state index in [0.717, 1.165) is 45.1 Å². The first-order chi connectivity index (χ1) is 11.3. The molecule has 0 aromatic heterocycles. The van der Waals surface area contributed by atoms with Gasteiger partial charge in [-0.15, -0.1) is 0 Å². The zero-order chi connectivity index (χ0) is 15.9. The Morgan fingerprint density at radius 1 is 0.783 bits per heavy atom. The zero-order valence-electron chi connectivity index (χ0n) is 13.6. The van der Waals surface area contributed by atoms with Crippen LogP contribution in [0.3, 0.4) is 0 Å². The smallest absolute Gasteiger partial charge is 0.123 e. The summed E-state index contributed by atoms with van der Waals surface area (Å²) >= 11 is 0. The summed E-state index contributed by atoms with van der Waals surface area (Å²) in [6.07, 6.45) is 5.48. The van der Waals surface area contributed by atoms with E-state index in [0.29, 0.717) is 6.04 Å². The zero-order valence-corrected chi connectivity index (χ0v) is 13.6. The molecule has 1 saturated carbocycles. The van der Waals surface area contributed by atoms with Gasteiger partial charge in [-0.3, -0.25) is 4.90 Å². The Hall–Kier alpha value is -1.93. The van der Waals surface area contributed by atoms with Gasteiger partial charge in [0, 0.05) is 25.0 Å². The Morgan fingerprint density at radius 2 is 1.26 bits per heavy atom.